The number of aromatic amines is 1. The summed E-state index contributed by atoms with van der Waals surface area (Å²) in [5.41, 5.74) is 0.933. The number of nitrogens with zero attached hydrogens (tertiary/aromatic N) is 3. The number of nitro groups is 1. The van der Waals surface area contributed by atoms with E-state index >= 15 is 0 Å². The first-order chi connectivity index (χ1) is 11.2. The molecule has 0 radical (unpaired) electrons. The molecule has 24 heavy (non-hydrogen) atoms. The van der Waals surface area contributed by atoms with Gasteiger partial charge in [-0.05, 0) is 13.5 Å². The van der Waals surface area contributed by atoms with Crippen molar-refractivity contribution in [3.8, 4) is 0 Å². The number of sulfonamides is 1. The first-order valence-corrected chi connectivity index (χ1v) is 8.94. The van der Waals surface area contributed by atoms with Crippen molar-refractivity contribution in [1.29, 1.82) is 0 Å². The van der Waals surface area contributed by atoms with E-state index < -0.39 is 20.5 Å². The quantitative estimate of drug-likeness (QED) is 0.593. The van der Waals surface area contributed by atoms with E-state index in [0.717, 1.165) is 6.26 Å². The highest BCUT2D eigenvalue weighted by molar-refractivity contribution is 7.92. The molecule has 0 saturated heterocycles. The van der Waals surface area contributed by atoms with Crippen molar-refractivity contribution in [3.05, 3.63) is 37.7 Å². The summed E-state index contributed by atoms with van der Waals surface area (Å²) in [6.07, 6.45) is 1.39. The SMILES string of the molecule is CN1CCc2c([N+](=O)[O-])cc3[nH]c(=O)c(NS(C)(=O)=O)nc3c2C1. The van der Waals surface area contributed by atoms with Crippen molar-refractivity contribution in [2.75, 3.05) is 24.6 Å². The number of benzene rings is 1. The molecule has 128 valence electrons. The van der Waals surface area contributed by atoms with Gasteiger partial charge in [-0.1, -0.05) is 0 Å². The average Bonchev–Trinajstić information content (AvgIpc) is 2.46. The highest BCUT2D eigenvalue weighted by atomic mass is 32.2. The van der Waals surface area contributed by atoms with Gasteiger partial charge in [0.1, 0.15) is 0 Å². The molecule has 0 bridgehead atoms. The third kappa shape index (κ3) is 2.95. The normalized spacial score (nSPS) is 15.2. The summed E-state index contributed by atoms with van der Waals surface area (Å²) in [4.78, 5) is 31.4. The molecule has 0 atom stereocenters. The molecular weight excluding hydrogens is 338 g/mol. The predicted molar refractivity (Wildman–Crippen MR) is 87.5 cm³/mol. The van der Waals surface area contributed by atoms with Crippen LogP contribution in [-0.4, -0.2) is 48.1 Å². The monoisotopic (exact) mass is 353 g/mol. The van der Waals surface area contributed by atoms with Crippen molar-refractivity contribution in [2.45, 2.75) is 13.0 Å². The average molecular weight is 353 g/mol. The van der Waals surface area contributed by atoms with Gasteiger partial charge in [-0.2, -0.15) is 0 Å². The van der Waals surface area contributed by atoms with E-state index in [1.54, 1.807) is 0 Å². The lowest BCUT2D eigenvalue weighted by Crippen LogP contribution is -2.28. The Morgan fingerprint density at radius 1 is 1.42 bits per heavy atom. The number of anilines is 1. The summed E-state index contributed by atoms with van der Waals surface area (Å²) in [6.45, 7) is 1.09. The van der Waals surface area contributed by atoms with E-state index in [1.165, 1.54) is 6.07 Å². The Balaban J connectivity index is 2.33. The highest BCUT2D eigenvalue weighted by Gasteiger charge is 2.27. The molecule has 2 N–H and O–H groups in total. The van der Waals surface area contributed by atoms with Gasteiger partial charge in [0.05, 0.1) is 22.2 Å². The smallest absolute Gasteiger partial charge is 0.292 e. The molecule has 0 amide bonds. The maximum absolute atomic E-state index is 12.0. The summed E-state index contributed by atoms with van der Waals surface area (Å²) < 4.78 is 24.8. The van der Waals surface area contributed by atoms with Gasteiger partial charge in [-0.25, -0.2) is 13.4 Å². The first-order valence-electron chi connectivity index (χ1n) is 7.05. The van der Waals surface area contributed by atoms with Crippen molar-refractivity contribution >= 4 is 32.6 Å². The fourth-order valence-corrected chi connectivity index (χ4v) is 3.32. The van der Waals surface area contributed by atoms with Crippen LogP contribution < -0.4 is 10.3 Å². The van der Waals surface area contributed by atoms with Crippen LogP contribution in [0.25, 0.3) is 11.0 Å². The third-order valence-electron chi connectivity index (χ3n) is 3.83. The fraction of sp³-hybridized carbons (Fsp3) is 0.385. The lowest BCUT2D eigenvalue weighted by molar-refractivity contribution is -0.385. The van der Waals surface area contributed by atoms with Crippen LogP contribution in [0.1, 0.15) is 11.1 Å². The van der Waals surface area contributed by atoms with Crippen LogP contribution in [0.3, 0.4) is 0 Å². The summed E-state index contributed by atoms with van der Waals surface area (Å²) in [5.74, 6) is -0.353. The number of likely N-dealkylation sites (N-methyl/N-ethyl adjacent to an activating group) is 1. The van der Waals surface area contributed by atoms with E-state index in [0.29, 0.717) is 36.2 Å². The number of hydrogen-bond acceptors (Lipinski definition) is 7. The fourth-order valence-electron chi connectivity index (χ4n) is 2.83. The molecule has 1 aromatic carbocycles. The van der Waals surface area contributed by atoms with Crippen molar-refractivity contribution in [1.82, 2.24) is 14.9 Å². The molecule has 1 aliphatic heterocycles. The molecule has 0 spiro atoms. The van der Waals surface area contributed by atoms with E-state index in [9.17, 15) is 23.3 Å². The zero-order valence-electron chi connectivity index (χ0n) is 13.0. The molecular formula is C13H15N5O5S. The van der Waals surface area contributed by atoms with Crippen LogP contribution in [-0.2, 0) is 23.0 Å². The second kappa shape index (κ2) is 5.53. The summed E-state index contributed by atoms with van der Waals surface area (Å²) >= 11 is 0. The van der Waals surface area contributed by atoms with Gasteiger partial charge in [0.15, 0.2) is 0 Å². The van der Waals surface area contributed by atoms with Crippen LogP contribution in [0.2, 0.25) is 0 Å². The van der Waals surface area contributed by atoms with Gasteiger partial charge in [0.25, 0.3) is 11.2 Å². The maximum Gasteiger partial charge on any atom is 0.292 e. The molecule has 0 aliphatic carbocycles. The second-order valence-corrected chi connectivity index (χ2v) is 7.53. The Morgan fingerprint density at radius 3 is 2.75 bits per heavy atom. The largest absolute Gasteiger partial charge is 0.317 e. The molecule has 0 fully saturated rings. The van der Waals surface area contributed by atoms with Crippen molar-refractivity contribution in [3.63, 3.8) is 0 Å². The Hall–Kier alpha value is -2.53. The molecule has 2 heterocycles. The molecule has 3 rings (SSSR count). The zero-order valence-corrected chi connectivity index (χ0v) is 13.8. The summed E-state index contributed by atoms with van der Waals surface area (Å²) in [7, 11) is -1.80. The molecule has 1 aliphatic rings. The van der Waals surface area contributed by atoms with Gasteiger partial charge in [-0.3, -0.25) is 19.6 Å². The van der Waals surface area contributed by atoms with Crippen LogP contribution in [0, 0.1) is 10.1 Å². The second-order valence-electron chi connectivity index (χ2n) is 5.78. The number of aromatic nitrogens is 2. The van der Waals surface area contributed by atoms with Crippen molar-refractivity contribution < 1.29 is 13.3 Å². The Bertz CT molecular complexity index is 1010. The van der Waals surface area contributed by atoms with Crippen LogP contribution >= 0.6 is 0 Å². The lowest BCUT2D eigenvalue weighted by Gasteiger charge is -2.25. The molecule has 0 unspecified atom stereocenters. The minimum absolute atomic E-state index is 0.0631. The molecule has 11 heteroatoms. The third-order valence-corrected chi connectivity index (χ3v) is 4.40. The Morgan fingerprint density at radius 2 is 2.12 bits per heavy atom. The number of nitro benzene ring substituents is 1. The van der Waals surface area contributed by atoms with Crippen LogP contribution in [0.4, 0.5) is 11.5 Å². The maximum atomic E-state index is 12.0. The van der Waals surface area contributed by atoms with Gasteiger partial charge in [0, 0.05) is 30.3 Å². The van der Waals surface area contributed by atoms with Gasteiger partial charge < -0.3 is 9.88 Å². The number of rotatable bonds is 3. The molecule has 2 aromatic rings. The van der Waals surface area contributed by atoms with E-state index in [2.05, 4.69) is 14.7 Å². The van der Waals surface area contributed by atoms with Gasteiger partial charge in [-0.15, -0.1) is 0 Å². The van der Waals surface area contributed by atoms with Gasteiger partial charge in [0.2, 0.25) is 15.8 Å². The van der Waals surface area contributed by atoms with E-state index in [4.69, 9.17) is 0 Å². The minimum Gasteiger partial charge on any atom is -0.317 e. The zero-order chi connectivity index (χ0) is 17.6. The van der Waals surface area contributed by atoms with E-state index in [1.807, 2.05) is 11.9 Å². The highest BCUT2D eigenvalue weighted by Crippen LogP contribution is 2.32. The molecule has 1 aromatic heterocycles. The standard InChI is InChI=1S/C13H15N5O5S/c1-17-4-3-7-8(6-17)11-9(5-10(7)18(20)21)14-13(19)12(15-11)16-24(2,22)23/h5H,3-4,6H2,1-2H3,(H,14,19)(H,15,16). The number of nitrogens with one attached hydrogen (secondary N) is 2. The van der Waals surface area contributed by atoms with Crippen molar-refractivity contribution in [2.24, 2.45) is 0 Å². The minimum atomic E-state index is -3.67. The Kier molecular flexibility index (Phi) is 3.76. The predicted octanol–water partition coefficient (Wildman–Crippen LogP) is 0.191. The Labute approximate surface area is 136 Å². The molecule has 10 nitrogen and oxygen atoms in total. The number of H-pyrrole nitrogens is 1. The first kappa shape index (κ1) is 16.3. The number of fused-ring (bicyclic) bond motifs is 3. The van der Waals surface area contributed by atoms with E-state index in [-0.39, 0.29) is 17.0 Å². The lowest BCUT2D eigenvalue weighted by atomic mass is 9.96. The van der Waals surface area contributed by atoms with Crippen LogP contribution in [0.15, 0.2) is 10.9 Å². The number of hydrogen-bond donors (Lipinski definition) is 2. The molecule has 0 saturated carbocycles. The summed E-state index contributed by atoms with van der Waals surface area (Å²) in [6, 6.07) is 1.28. The summed E-state index contributed by atoms with van der Waals surface area (Å²) in [5, 5.41) is 11.3. The van der Waals surface area contributed by atoms with Gasteiger partial charge >= 0.3 is 0 Å². The topological polar surface area (TPSA) is 138 Å². The van der Waals surface area contributed by atoms with Crippen LogP contribution in [0.5, 0.6) is 0 Å².